The van der Waals surface area contributed by atoms with Crippen LogP contribution in [0.25, 0.3) is 0 Å². The highest BCUT2D eigenvalue weighted by Crippen LogP contribution is 2.22. The van der Waals surface area contributed by atoms with Gasteiger partial charge in [0.15, 0.2) is 0 Å². The zero-order valence-corrected chi connectivity index (χ0v) is 12.6. The minimum Gasteiger partial charge on any atom is -0.490 e. The molecule has 106 valence electrons. The number of para-hydroxylation sites is 2. The van der Waals surface area contributed by atoms with Crippen LogP contribution in [0, 0.1) is 0 Å². The molecule has 0 saturated heterocycles. The molecule has 2 rings (SSSR count). The fourth-order valence-corrected chi connectivity index (χ4v) is 1.87. The molecule has 1 aromatic carbocycles. The van der Waals surface area contributed by atoms with Crippen molar-refractivity contribution in [3.8, 4) is 11.6 Å². The van der Waals surface area contributed by atoms with Crippen molar-refractivity contribution in [3.05, 3.63) is 34.9 Å². The third-order valence-electron chi connectivity index (χ3n) is 2.47. The van der Waals surface area contributed by atoms with Gasteiger partial charge in [-0.15, -0.1) is 0 Å². The molecule has 1 heterocycles. The Labute approximate surface area is 125 Å². The van der Waals surface area contributed by atoms with Crippen LogP contribution >= 0.6 is 15.9 Å². The van der Waals surface area contributed by atoms with Gasteiger partial charge < -0.3 is 20.5 Å². The number of hydrogen-bond acceptors (Lipinski definition) is 6. The fraction of sp³-hybridized carbons (Fsp3) is 0.231. The number of halogens is 1. The fourth-order valence-electron chi connectivity index (χ4n) is 1.52. The molecule has 2 aromatic rings. The maximum absolute atomic E-state index is 5.78. The monoisotopic (exact) mass is 338 g/mol. The molecule has 6 nitrogen and oxygen atoms in total. The second-order valence-electron chi connectivity index (χ2n) is 3.86. The summed E-state index contributed by atoms with van der Waals surface area (Å²) in [6.45, 7) is 1.01. The van der Waals surface area contributed by atoms with E-state index in [4.69, 9.17) is 15.2 Å². The van der Waals surface area contributed by atoms with Crippen LogP contribution < -0.4 is 20.5 Å². The molecule has 3 N–H and O–H groups in total. The first-order chi connectivity index (χ1) is 9.70. The van der Waals surface area contributed by atoms with Crippen molar-refractivity contribution in [3.63, 3.8) is 0 Å². The highest BCUT2D eigenvalue weighted by molar-refractivity contribution is 9.10. The summed E-state index contributed by atoms with van der Waals surface area (Å²) in [5, 5.41) is 3.05. The number of ether oxygens (including phenoxy) is 2. The van der Waals surface area contributed by atoms with E-state index in [2.05, 4.69) is 31.2 Å². The molecule has 20 heavy (non-hydrogen) atoms. The van der Waals surface area contributed by atoms with Crippen molar-refractivity contribution in [2.75, 3.05) is 31.3 Å². The Hall–Kier alpha value is -2.02. The maximum Gasteiger partial charge on any atom is 0.232 e. The number of anilines is 2. The number of nitrogens with one attached hydrogen (secondary N) is 1. The number of methoxy groups -OCH3 is 1. The molecule has 0 radical (unpaired) electrons. The zero-order chi connectivity index (χ0) is 14.4. The molecule has 0 unspecified atom stereocenters. The van der Waals surface area contributed by atoms with Gasteiger partial charge in [-0.3, -0.25) is 0 Å². The van der Waals surface area contributed by atoms with Gasteiger partial charge in [-0.05, 0) is 28.1 Å². The molecule has 0 saturated carbocycles. The predicted octanol–water partition coefficient (Wildman–Crippen LogP) is 2.32. The van der Waals surface area contributed by atoms with Gasteiger partial charge in [-0.1, -0.05) is 12.1 Å². The molecule has 0 atom stereocenters. The summed E-state index contributed by atoms with van der Waals surface area (Å²) in [5.74, 6) is 1.63. The van der Waals surface area contributed by atoms with E-state index in [1.54, 1.807) is 19.4 Å². The third kappa shape index (κ3) is 3.74. The van der Waals surface area contributed by atoms with Gasteiger partial charge in [-0.25, -0.2) is 4.98 Å². The normalized spacial score (nSPS) is 10.1. The lowest BCUT2D eigenvalue weighted by Gasteiger charge is -2.10. The Morgan fingerprint density at radius 2 is 2.15 bits per heavy atom. The van der Waals surface area contributed by atoms with Gasteiger partial charge in [0.1, 0.15) is 12.4 Å². The standard InChI is InChI=1S/C13H15BrN4O2/c1-19-12-9(14)8-17-13(18-12)16-6-7-20-11-5-3-2-4-10(11)15/h2-5,8H,6-7,15H2,1H3,(H,16,17,18). The zero-order valence-electron chi connectivity index (χ0n) is 11.0. The van der Waals surface area contributed by atoms with Crippen LogP contribution in [0.4, 0.5) is 11.6 Å². The number of nitrogen functional groups attached to an aromatic ring is 1. The molecule has 0 amide bonds. The van der Waals surface area contributed by atoms with Crippen LogP contribution in [0.1, 0.15) is 0 Å². The number of benzene rings is 1. The van der Waals surface area contributed by atoms with E-state index in [1.165, 1.54) is 0 Å². The van der Waals surface area contributed by atoms with Gasteiger partial charge in [0, 0.05) is 0 Å². The second-order valence-corrected chi connectivity index (χ2v) is 4.72. The Bertz CT molecular complexity index is 580. The molecular weight excluding hydrogens is 324 g/mol. The van der Waals surface area contributed by atoms with Gasteiger partial charge in [0.05, 0.1) is 30.0 Å². The van der Waals surface area contributed by atoms with Crippen molar-refractivity contribution >= 4 is 27.6 Å². The lowest BCUT2D eigenvalue weighted by molar-refractivity contribution is 0.334. The topological polar surface area (TPSA) is 82.3 Å². The Morgan fingerprint density at radius 1 is 1.35 bits per heavy atom. The molecule has 7 heteroatoms. The minimum atomic E-state index is 0.454. The maximum atomic E-state index is 5.78. The van der Waals surface area contributed by atoms with Crippen LogP contribution in [0.2, 0.25) is 0 Å². The summed E-state index contributed by atoms with van der Waals surface area (Å²) in [4.78, 5) is 8.30. The largest absolute Gasteiger partial charge is 0.490 e. The van der Waals surface area contributed by atoms with Crippen LogP contribution in [0.5, 0.6) is 11.6 Å². The quantitative estimate of drug-likeness (QED) is 0.621. The minimum absolute atomic E-state index is 0.454. The number of aromatic nitrogens is 2. The summed E-state index contributed by atoms with van der Waals surface area (Å²) < 4.78 is 11.4. The summed E-state index contributed by atoms with van der Waals surface area (Å²) in [5.41, 5.74) is 6.40. The van der Waals surface area contributed by atoms with Crippen molar-refractivity contribution in [1.82, 2.24) is 9.97 Å². The molecule has 0 bridgehead atoms. The van der Waals surface area contributed by atoms with Gasteiger partial charge in [-0.2, -0.15) is 4.98 Å². The summed E-state index contributed by atoms with van der Waals surface area (Å²) in [7, 11) is 1.55. The lowest BCUT2D eigenvalue weighted by Crippen LogP contribution is -2.14. The van der Waals surface area contributed by atoms with Crippen LogP contribution in [0.3, 0.4) is 0 Å². The molecule has 1 aromatic heterocycles. The average molecular weight is 339 g/mol. The summed E-state index contributed by atoms with van der Waals surface area (Å²) >= 11 is 3.29. The first-order valence-electron chi connectivity index (χ1n) is 5.98. The third-order valence-corrected chi connectivity index (χ3v) is 3.01. The predicted molar refractivity (Wildman–Crippen MR) is 81.1 cm³/mol. The SMILES string of the molecule is COc1nc(NCCOc2ccccc2N)ncc1Br. The first-order valence-corrected chi connectivity index (χ1v) is 6.77. The van der Waals surface area contributed by atoms with E-state index in [9.17, 15) is 0 Å². The molecular formula is C13H15BrN4O2. The van der Waals surface area contributed by atoms with E-state index < -0.39 is 0 Å². The second kappa shape index (κ2) is 6.95. The van der Waals surface area contributed by atoms with E-state index in [1.807, 2.05) is 18.2 Å². The Kier molecular flexibility index (Phi) is 5.00. The van der Waals surface area contributed by atoms with Gasteiger partial charge >= 0.3 is 0 Å². The van der Waals surface area contributed by atoms with Crippen molar-refractivity contribution in [2.45, 2.75) is 0 Å². The number of nitrogens with two attached hydrogens (primary N) is 1. The van der Waals surface area contributed by atoms with Crippen LogP contribution in [0.15, 0.2) is 34.9 Å². The number of hydrogen-bond donors (Lipinski definition) is 2. The van der Waals surface area contributed by atoms with E-state index >= 15 is 0 Å². The Balaban J connectivity index is 1.83. The molecule has 0 fully saturated rings. The van der Waals surface area contributed by atoms with Gasteiger partial charge in [0.2, 0.25) is 11.8 Å². The molecule has 0 aliphatic rings. The van der Waals surface area contributed by atoms with Crippen molar-refractivity contribution in [2.24, 2.45) is 0 Å². The van der Waals surface area contributed by atoms with Crippen molar-refractivity contribution < 1.29 is 9.47 Å². The first kappa shape index (κ1) is 14.4. The van der Waals surface area contributed by atoms with Crippen LogP contribution in [-0.2, 0) is 0 Å². The molecule has 0 aliphatic carbocycles. The lowest BCUT2D eigenvalue weighted by atomic mass is 10.3. The van der Waals surface area contributed by atoms with Crippen LogP contribution in [-0.4, -0.2) is 30.2 Å². The number of nitrogens with zero attached hydrogens (tertiary/aromatic N) is 2. The number of rotatable bonds is 6. The average Bonchev–Trinajstić information content (AvgIpc) is 2.47. The van der Waals surface area contributed by atoms with E-state index in [0.29, 0.717) is 40.9 Å². The summed E-state index contributed by atoms with van der Waals surface area (Å²) in [6, 6.07) is 7.37. The smallest absolute Gasteiger partial charge is 0.232 e. The van der Waals surface area contributed by atoms with Gasteiger partial charge in [0.25, 0.3) is 0 Å². The van der Waals surface area contributed by atoms with E-state index in [0.717, 1.165) is 0 Å². The highest BCUT2D eigenvalue weighted by atomic mass is 79.9. The molecule has 0 spiro atoms. The van der Waals surface area contributed by atoms with Crippen molar-refractivity contribution in [1.29, 1.82) is 0 Å². The Morgan fingerprint density at radius 3 is 2.90 bits per heavy atom. The van der Waals surface area contributed by atoms with E-state index in [-0.39, 0.29) is 0 Å². The highest BCUT2D eigenvalue weighted by Gasteiger charge is 2.04. The molecule has 0 aliphatic heterocycles. The summed E-state index contributed by atoms with van der Waals surface area (Å²) in [6.07, 6.45) is 1.63.